The van der Waals surface area contributed by atoms with E-state index in [0.717, 1.165) is 28.0 Å². The van der Waals surface area contributed by atoms with Crippen molar-refractivity contribution in [2.45, 2.75) is 24.3 Å². The standard InChI is InChI=1S/C29H30N6O2S/c1-3-38-25-10-8-20(9-11-25)19-4-6-21(7-5-19)29(37)35-13-12-24(18-35)33-28(36)26-14-22(15-31-27(26)30)23-16-32-34(2)17-23/h4-11,14-17,24H,3,12-13,18H2,1-2H3,(H2,30,31)(H,33,36)/t24-/m1/s1. The summed E-state index contributed by atoms with van der Waals surface area (Å²) in [6.07, 6.45) is 5.87. The van der Waals surface area contributed by atoms with E-state index in [0.29, 0.717) is 30.6 Å². The predicted octanol–water partition coefficient (Wildman–Crippen LogP) is 4.49. The molecule has 4 aromatic rings. The number of thioether (sulfide) groups is 1. The van der Waals surface area contributed by atoms with Crippen LogP contribution in [0.3, 0.4) is 0 Å². The number of amides is 2. The number of aryl methyl sites for hydroxylation is 1. The van der Waals surface area contributed by atoms with E-state index in [-0.39, 0.29) is 23.7 Å². The Morgan fingerprint density at radius 1 is 1.03 bits per heavy atom. The number of carbonyl (C=O) groups excluding carboxylic acids is 2. The summed E-state index contributed by atoms with van der Waals surface area (Å²) < 4.78 is 1.69. The highest BCUT2D eigenvalue weighted by atomic mass is 32.2. The second kappa shape index (κ2) is 11.1. The molecule has 2 aromatic carbocycles. The van der Waals surface area contributed by atoms with Crippen LogP contribution in [-0.4, -0.2) is 56.4 Å². The summed E-state index contributed by atoms with van der Waals surface area (Å²) in [5.74, 6) is 0.873. The highest BCUT2D eigenvalue weighted by Gasteiger charge is 2.29. The molecule has 3 N–H and O–H groups in total. The molecule has 0 spiro atoms. The molecule has 0 unspecified atom stereocenters. The molecular weight excluding hydrogens is 496 g/mol. The van der Waals surface area contributed by atoms with Gasteiger partial charge in [-0.2, -0.15) is 5.10 Å². The minimum atomic E-state index is -0.298. The maximum Gasteiger partial charge on any atom is 0.255 e. The maximum absolute atomic E-state index is 13.1. The molecule has 2 aromatic heterocycles. The zero-order chi connectivity index (χ0) is 26.6. The van der Waals surface area contributed by atoms with Crippen LogP contribution in [-0.2, 0) is 7.05 Å². The average molecular weight is 527 g/mol. The summed E-state index contributed by atoms with van der Waals surface area (Å²) >= 11 is 1.81. The molecule has 38 heavy (non-hydrogen) atoms. The first-order valence-corrected chi connectivity index (χ1v) is 13.6. The van der Waals surface area contributed by atoms with Crippen molar-refractivity contribution in [3.8, 4) is 22.3 Å². The van der Waals surface area contributed by atoms with E-state index in [1.807, 2.05) is 49.3 Å². The van der Waals surface area contributed by atoms with E-state index in [1.165, 1.54) is 4.90 Å². The zero-order valence-electron chi connectivity index (χ0n) is 21.4. The lowest BCUT2D eigenvalue weighted by molar-refractivity contribution is 0.0783. The van der Waals surface area contributed by atoms with Crippen molar-refractivity contribution in [2.24, 2.45) is 7.05 Å². The van der Waals surface area contributed by atoms with Gasteiger partial charge in [0.05, 0.1) is 11.8 Å². The average Bonchev–Trinajstić information content (AvgIpc) is 3.58. The number of hydrogen-bond acceptors (Lipinski definition) is 6. The lowest BCUT2D eigenvalue weighted by Gasteiger charge is -2.18. The van der Waals surface area contributed by atoms with Crippen LogP contribution in [0.5, 0.6) is 0 Å². The first-order valence-electron chi connectivity index (χ1n) is 12.6. The molecule has 1 aliphatic rings. The Labute approximate surface area is 226 Å². The topological polar surface area (TPSA) is 106 Å². The number of nitrogen functional groups attached to an aromatic ring is 1. The third kappa shape index (κ3) is 5.57. The van der Waals surface area contributed by atoms with Gasteiger partial charge in [-0.05, 0) is 53.6 Å². The Morgan fingerprint density at radius 3 is 2.39 bits per heavy atom. The highest BCUT2D eigenvalue weighted by molar-refractivity contribution is 7.99. The molecule has 0 bridgehead atoms. The molecule has 1 saturated heterocycles. The third-order valence-corrected chi connectivity index (χ3v) is 7.54. The number of likely N-dealkylation sites (tertiary alicyclic amines) is 1. The molecule has 0 aliphatic carbocycles. The normalized spacial score (nSPS) is 15.0. The molecule has 5 rings (SSSR count). The summed E-state index contributed by atoms with van der Waals surface area (Å²) in [4.78, 5) is 33.4. The molecule has 3 heterocycles. The van der Waals surface area contributed by atoms with Crippen LogP contribution < -0.4 is 11.1 Å². The number of aromatic nitrogens is 3. The van der Waals surface area contributed by atoms with Crippen molar-refractivity contribution in [3.63, 3.8) is 0 Å². The van der Waals surface area contributed by atoms with E-state index in [1.54, 1.807) is 28.0 Å². The molecule has 1 atom stereocenters. The van der Waals surface area contributed by atoms with Crippen molar-refractivity contribution in [3.05, 3.63) is 84.3 Å². The third-order valence-electron chi connectivity index (χ3n) is 6.64. The minimum absolute atomic E-state index is 0.0391. The Hall–Kier alpha value is -4.11. The second-order valence-electron chi connectivity index (χ2n) is 9.30. The molecule has 194 valence electrons. The van der Waals surface area contributed by atoms with Crippen molar-refractivity contribution in [1.29, 1.82) is 0 Å². The van der Waals surface area contributed by atoms with Crippen molar-refractivity contribution >= 4 is 29.4 Å². The number of nitrogens with two attached hydrogens (primary N) is 1. The lowest BCUT2D eigenvalue weighted by atomic mass is 10.0. The van der Waals surface area contributed by atoms with Gasteiger partial charge in [-0.15, -0.1) is 11.8 Å². The summed E-state index contributed by atoms with van der Waals surface area (Å²) in [6.45, 7) is 3.16. The monoisotopic (exact) mass is 526 g/mol. The van der Waals surface area contributed by atoms with E-state index in [4.69, 9.17) is 5.73 Å². The van der Waals surface area contributed by atoms with Gasteiger partial charge < -0.3 is 16.0 Å². The molecule has 1 aliphatic heterocycles. The Balaban J connectivity index is 1.20. The van der Waals surface area contributed by atoms with Gasteiger partial charge in [-0.3, -0.25) is 14.3 Å². The number of carbonyl (C=O) groups is 2. The summed E-state index contributed by atoms with van der Waals surface area (Å²) in [5, 5.41) is 7.20. The number of nitrogens with zero attached hydrogens (tertiary/aromatic N) is 4. The number of pyridine rings is 1. The Kier molecular flexibility index (Phi) is 7.46. The number of benzene rings is 2. The summed E-state index contributed by atoms with van der Waals surface area (Å²) in [6, 6.07) is 17.7. The molecule has 2 amide bonds. The molecular formula is C29H30N6O2S. The van der Waals surface area contributed by atoms with Crippen molar-refractivity contribution in [2.75, 3.05) is 24.6 Å². The van der Waals surface area contributed by atoms with Gasteiger partial charge in [0, 0.05) is 60.2 Å². The van der Waals surface area contributed by atoms with Crippen LogP contribution in [0.25, 0.3) is 22.3 Å². The minimum Gasteiger partial charge on any atom is -0.383 e. The molecule has 0 radical (unpaired) electrons. The largest absolute Gasteiger partial charge is 0.383 e. The first kappa shape index (κ1) is 25.5. The fourth-order valence-corrected chi connectivity index (χ4v) is 5.27. The predicted molar refractivity (Wildman–Crippen MR) is 151 cm³/mol. The van der Waals surface area contributed by atoms with Crippen molar-refractivity contribution in [1.82, 2.24) is 25.0 Å². The number of nitrogens with one attached hydrogen (secondary N) is 1. The fourth-order valence-electron chi connectivity index (χ4n) is 4.61. The van der Waals surface area contributed by atoms with Crippen LogP contribution in [0.1, 0.15) is 34.1 Å². The van der Waals surface area contributed by atoms with Crippen LogP contribution >= 0.6 is 11.8 Å². The molecule has 1 fully saturated rings. The van der Waals surface area contributed by atoms with Gasteiger partial charge in [0.1, 0.15) is 5.82 Å². The molecule has 9 heteroatoms. The van der Waals surface area contributed by atoms with Crippen LogP contribution in [0.4, 0.5) is 5.82 Å². The lowest BCUT2D eigenvalue weighted by Crippen LogP contribution is -2.38. The Morgan fingerprint density at radius 2 is 1.74 bits per heavy atom. The fraction of sp³-hybridized carbons (Fsp3) is 0.241. The number of rotatable bonds is 7. The van der Waals surface area contributed by atoms with Crippen molar-refractivity contribution < 1.29 is 9.59 Å². The van der Waals surface area contributed by atoms with Gasteiger partial charge in [0.25, 0.3) is 11.8 Å². The zero-order valence-corrected chi connectivity index (χ0v) is 22.2. The van der Waals surface area contributed by atoms with Gasteiger partial charge in [0.15, 0.2) is 0 Å². The van der Waals surface area contributed by atoms with E-state index < -0.39 is 0 Å². The smallest absolute Gasteiger partial charge is 0.255 e. The second-order valence-corrected chi connectivity index (χ2v) is 10.6. The Bertz CT molecular complexity index is 1450. The van der Waals surface area contributed by atoms with E-state index in [9.17, 15) is 9.59 Å². The molecule has 8 nitrogen and oxygen atoms in total. The first-order chi connectivity index (χ1) is 18.4. The SMILES string of the molecule is CCSc1ccc(-c2ccc(C(=O)N3CC[C@@H](NC(=O)c4cc(-c5cnn(C)c5)cnc4N)C3)cc2)cc1. The quantitative estimate of drug-likeness (QED) is 0.344. The van der Waals surface area contributed by atoms with Crippen LogP contribution in [0.15, 0.2) is 78.1 Å². The van der Waals surface area contributed by atoms with Crippen LogP contribution in [0.2, 0.25) is 0 Å². The molecule has 0 saturated carbocycles. The van der Waals surface area contributed by atoms with Gasteiger partial charge >= 0.3 is 0 Å². The van der Waals surface area contributed by atoms with Gasteiger partial charge in [0.2, 0.25) is 0 Å². The highest BCUT2D eigenvalue weighted by Crippen LogP contribution is 2.26. The van der Waals surface area contributed by atoms with E-state index >= 15 is 0 Å². The maximum atomic E-state index is 13.1. The number of anilines is 1. The van der Waals surface area contributed by atoms with Crippen LogP contribution in [0, 0.1) is 0 Å². The summed E-state index contributed by atoms with van der Waals surface area (Å²) in [5.41, 5.74) is 10.8. The summed E-state index contributed by atoms with van der Waals surface area (Å²) in [7, 11) is 1.83. The van der Waals surface area contributed by atoms with E-state index in [2.05, 4.69) is 46.6 Å². The van der Waals surface area contributed by atoms with Gasteiger partial charge in [-0.1, -0.05) is 31.2 Å². The number of hydrogen-bond donors (Lipinski definition) is 2. The van der Waals surface area contributed by atoms with Gasteiger partial charge in [-0.25, -0.2) is 4.98 Å².